The van der Waals surface area contributed by atoms with Gasteiger partial charge in [-0.15, -0.1) is 0 Å². The van der Waals surface area contributed by atoms with Crippen LogP contribution in [0.1, 0.15) is 33.9 Å². The van der Waals surface area contributed by atoms with Gasteiger partial charge in [-0.3, -0.25) is 4.68 Å². The molecule has 1 N–H and O–H groups in total. The van der Waals surface area contributed by atoms with Crippen LogP contribution in [0, 0.1) is 13.8 Å². The molecule has 2 aromatic rings. The number of rotatable bonds is 4. The van der Waals surface area contributed by atoms with E-state index in [-0.39, 0.29) is 12.1 Å². The number of hydrogen-bond donors (Lipinski definition) is 1. The predicted molar refractivity (Wildman–Crippen MR) is 103 cm³/mol. The zero-order chi connectivity index (χ0) is 18.8. The predicted octanol–water partition coefficient (Wildman–Crippen LogP) is 2.41. The summed E-state index contributed by atoms with van der Waals surface area (Å²) in [6, 6.07) is 4.55. The summed E-state index contributed by atoms with van der Waals surface area (Å²) in [5, 5.41) is 7.36. The molecule has 0 radical (unpaired) electrons. The number of benzene rings is 1. The summed E-state index contributed by atoms with van der Waals surface area (Å²) in [5.74, 6) is 0. The van der Waals surface area contributed by atoms with Crippen molar-refractivity contribution in [3.05, 3.63) is 52.3 Å². The quantitative estimate of drug-likeness (QED) is 0.916. The SMILES string of the molecule is Cc1cc(C)c2c(c1)CN(C(=O)NCC(c1cnn(C)c1)N(C)C)CC2. The second-order valence-corrected chi connectivity index (χ2v) is 7.50. The minimum absolute atomic E-state index is 0.00514. The number of nitrogens with zero attached hydrogens (tertiary/aromatic N) is 4. The highest BCUT2D eigenvalue weighted by Gasteiger charge is 2.23. The first-order valence-corrected chi connectivity index (χ1v) is 9.12. The largest absolute Gasteiger partial charge is 0.336 e. The van der Waals surface area contributed by atoms with Crippen molar-refractivity contribution in [2.75, 3.05) is 27.2 Å². The molecule has 1 aromatic heterocycles. The molecule has 6 nitrogen and oxygen atoms in total. The van der Waals surface area contributed by atoms with Crippen LogP contribution in [0.25, 0.3) is 0 Å². The summed E-state index contributed by atoms with van der Waals surface area (Å²) in [5.41, 5.74) is 6.38. The monoisotopic (exact) mass is 355 g/mol. The Morgan fingerprint density at radius 2 is 2.12 bits per heavy atom. The lowest BCUT2D eigenvalue weighted by Crippen LogP contribution is -2.45. The van der Waals surface area contributed by atoms with E-state index < -0.39 is 0 Å². The first kappa shape index (κ1) is 18.5. The molecule has 0 fully saturated rings. The van der Waals surface area contributed by atoms with E-state index in [1.807, 2.05) is 38.4 Å². The highest BCUT2D eigenvalue weighted by Crippen LogP contribution is 2.24. The number of urea groups is 1. The molecular weight excluding hydrogens is 326 g/mol. The third kappa shape index (κ3) is 3.90. The number of fused-ring (bicyclic) bond motifs is 1. The lowest BCUT2D eigenvalue weighted by atomic mass is 9.93. The van der Waals surface area contributed by atoms with Gasteiger partial charge in [-0.2, -0.15) is 5.10 Å². The average Bonchev–Trinajstić information content (AvgIpc) is 2.99. The van der Waals surface area contributed by atoms with Gasteiger partial charge in [0.25, 0.3) is 0 Å². The summed E-state index contributed by atoms with van der Waals surface area (Å²) >= 11 is 0. The van der Waals surface area contributed by atoms with E-state index in [9.17, 15) is 4.79 Å². The number of aryl methyl sites for hydroxylation is 3. The van der Waals surface area contributed by atoms with Crippen LogP contribution in [0.3, 0.4) is 0 Å². The van der Waals surface area contributed by atoms with E-state index in [4.69, 9.17) is 0 Å². The number of carbonyl (C=O) groups excluding carboxylic acids is 1. The topological polar surface area (TPSA) is 53.4 Å². The number of hydrogen-bond acceptors (Lipinski definition) is 3. The van der Waals surface area contributed by atoms with E-state index in [2.05, 4.69) is 41.3 Å². The molecular formula is C20H29N5O. The van der Waals surface area contributed by atoms with Crippen LogP contribution in [0.2, 0.25) is 0 Å². The molecule has 0 saturated heterocycles. The van der Waals surface area contributed by atoms with Crippen molar-refractivity contribution in [3.8, 4) is 0 Å². The molecule has 140 valence electrons. The molecule has 26 heavy (non-hydrogen) atoms. The van der Waals surface area contributed by atoms with Crippen LogP contribution in [-0.2, 0) is 20.0 Å². The van der Waals surface area contributed by atoms with Gasteiger partial charge >= 0.3 is 6.03 Å². The van der Waals surface area contributed by atoms with Gasteiger partial charge in [0, 0.05) is 38.4 Å². The number of aromatic nitrogens is 2. The molecule has 2 heterocycles. The first-order chi connectivity index (χ1) is 12.3. The molecule has 1 aliphatic heterocycles. The van der Waals surface area contributed by atoms with Gasteiger partial charge in [-0.25, -0.2) is 4.79 Å². The maximum Gasteiger partial charge on any atom is 0.317 e. The normalized spacial score (nSPS) is 15.1. The summed E-state index contributed by atoms with van der Waals surface area (Å²) in [4.78, 5) is 16.7. The maximum absolute atomic E-state index is 12.7. The summed E-state index contributed by atoms with van der Waals surface area (Å²) in [6.45, 7) is 6.29. The molecule has 1 atom stereocenters. The minimum atomic E-state index is 0.00514. The van der Waals surface area contributed by atoms with E-state index in [1.54, 1.807) is 4.68 Å². The van der Waals surface area contributed by atoms with Gasteiger partial charge in [0.2, 0.25) is 0 Å². The van der Waals surface area contributed by atoms with Crippen molar-refractivity contribution < 1.29 is 4.79 Å². The van der Waals surface area contributed by atoms with Gasteiger partial charge in [0.15, 0.2) is 0 Å². The Morgan fingerprint density at radius 3 is 2.77 bits per heavy atom. The second kappa shape index (κ2) is 7.50. The molecule has 0 bridgehead atoms. The zero-order valence-corrected chi connectivity index (χ0v) is 16.4. The fraction of sp³-hybridized carbons (Fsp3) is 0.500. The number of amides is 2. The Kier molecular flexibility index (Phi) is 5.32. The minimum Gasteiger partial charge on any atom is -0.336 e. The third-order valence-electron chi connectivity index (χ3n) is 5.17. The molecule has 0 saturated carbocycles. The first-order valence-electron chi connectivity index (χ1n) is 9.12. The number of carbonyl (C=O) groups is 1. The highest BCUT2D eigenvalue weighted by molar-refractivity contribution is 5.74. The van der Waals surface area contributed by atoms with Crippen LogP contribution in [0.4, 0.5) is 4.79 Å². The Balaban J connectivity index is 1.65. The second-order valence-electron chi connectivity index (χ2n) is 7.50. The lowest BCUT2D eigenvalue weighted by Gasteiger charge is -2.31. The van der Waals surface area contributed by atoms with Gasteiger partial charge in [-0.05, 0) is 51.1 Å². The average molecular weight is 355 g/mol. The van der Waals surface area contributed by atoms with Crippen LogP contribution >= 0.6 is 0 Å². The van der Waals surface area contributed by atoms with E-state index >= 15 is 0 Å². The van der Waals surface area contributed by atoms with Gasteiger partial charge in [-0.1, -0.05) is 17.7 Å². The zero-order valence-electron chi connectivity index (χ0n) is 16.4. The van der Waals surface area contributed by atoms with Crippen LogP contribution in [0.5, 0.6) is 0 Å². The summed E-state index contributed by atoms with van der Waals surface area (Å²) in [7, 11) is 5.95. The molecule has 1 unspecified atom stereocenters. The summed E-state index contributed by atoms with van der Waals surface area (Å²) < 4.78 is 1.79. The van der Waals surface area contributed by atoms with Crippen molar-refractivity contribution in [1.82, 2.24) is 24.9 Å². The van der Waals surface area contributed by atoms with Gasteiger partial charge in [0.05, 0.1) is 12.2 Å². The van der Waals surface area contributed by atoms with Crippen molar-refractivity contribution >= 4 is 6.03 Å². The van der Waals surface area contributed by atoms with Crippen LogP contribution in [0.15, 0.2) is 24.5 Å². The molecule has 3 rings (SSSR count). The van der Waals surface area contributed by atoms with Crippen LogP contribution in [-0.4, -0.2) is 52.8 Å². The maximum atomic E-state index is 12.7. The van der Waals surface area contributed by atoms with E-state index in [1.165, 1.54) is 22.3 Å². The molecule has 1 aromatic carbocycles. The van der Waals surface area contributed by atoms with Gasteiger partial charge < -0.3 is 15.1 Å². The standard InChI is InChI=1S/C20H29N5O/c1-14-8-15(2)18-6-7-25(13-16(18)9-14)20(26)21-11-19(23(3)4)17-10-22-24(5)12-17/h8-10,12,19H,6-7,11,13H2,1-5H3,(H,21,26). The highest BCUT2D eigenvalue weighted by atomic mass is 16.2. The Bertz CT molecular complexity index is 795. The number of nitrogens with one attached hydrogen (secondary N) is 1. The van der Waals surface area contributed by atoms with Crippen molar-refractivity contribution in [3.63, 3.8) is 0 Å². The van der Waals surface area contributed by atoms with E-state index in [0.717, 1.165) is 18.5 Å². The van der Waals surface area contributed by atoms with E-state index in [0.29, 0.717) is 13.1 Å². The molecule has 6 heteroatoms. The Labute approximate surface area is 155 Å². The molecule has 0 spiro atoms. The Hall–Kier alpha value is -2.34. The van der Waals surface area contributed by atoms with Crippen molar-refractivity contribution in [2.45, 2.75) is 32.9 Å². The molecule has 0 aliphatic carbocycles. The van der Waals surface area contributed by atoms with Crippen molar-refractivity contribution in [1.29, 1.82) is 0 Å². The smallest absolute Gasteiger partial charge is 0.317 e. The molecule has 1 aliphatic rings. The Morgan fingerprint density at radius 1 is 1.35 bits per heavy atom. The summed E-state index contributed by atoms with van der Waals surface area (Å²) in [6.07, 6.45) is 4.79. The fourth-order valence-electron chi connectivity index (χ4n) is 3.80. The van der Waals surface area contributed by atoms with Gasteiger partial charge in [0.1, 0.15) is 0 Å². The lowest BCUT2D eigenvalue weighted by molar-refractivity contribution is 0.187. The molecule has 2 amide bonds. The van der Waals surface area contributed by atoms with Crippen molar-refractivity contribution in [2.24, 2.45) is 7.05 Å². The van der Waals surface area contributed by atoms with Crippen LogP contribution < -0.4 is 5.32 Å². The third-order valence-corrected chi connectivity index (χ3v) is 5.17. The number of likely N-dealkylation sites (N-methyl/N-ethyl adjacent to an activating group) is 1. The fourth-order valence-corrected chi connectivity index (χ4v) is 3.80.